The van der Waals surface area contributed by atoms with E-state index in [1.165, 1.54) is 4.57 Å². The van der Waals surface area contributed by atoms with Gasteiger partial charge in [-0.05, 0) is 19.9 Å². The molecule has 0 bridgehead atoms. The lowest BCUT2D eigenvalue weighted by molar-refractivity contribution is 0.826. The number of nitrogens with zero attached hydrogens (tertiary/aromatic N) is 3. The number of hydrogen-bond donors (Lipinski definition) is 0. The monoisotopic (exact) mass is 253 g/mol. The van der Waals surface area contributed by atoms with Gasteiger partial charge in [-0.3, -0.25) is 4.57 Å². The van der Waals surface area contributed by atoms with Crippen LogP contribution in [0, 0.1) is 13.8 Å². The Morgan fingerprint density at radius 1 is 1.18 bits per heavy atom. The third-order valence-electron chi connectivity index (χ3n) is 2.39. The van der Waals surface area contributed by atoms with Gasteiger partial charge in [0.05, 0.1) is 16.4 Å². The van der Waals surface area contributed by atoms with Crippen molar-refractivity contribution < 1.29 is 0 Å². The first-order chi connectivity index (χ1) is 8.00. The van der Waals surface area contributed by atoms with E-state index in [-0.39, 0.29) is 5.69 Å². The van der Waals surface area contributed by atoms with E-state index in [1.807, 2.05) is 20.8 Å². The quantitative estimate of drug-likeness (QED) is 0.725. The minimum Gasteiger partial charge on any atom is -0.279 e. The summed E-state index contributed by atoms with van der Waals surface area (Å²) in [5.41, 5.74) is 1.69. The third-order valence-corrected chi connectivity index (χ3v) is 2.77. The fraction of sp³-hybridized carbons (Fsp3) is 0.417. The topological polar surface area (TPSA) is 47.8 Å². The van der Waals surface area contributed by atoms with Gasteiger partial charge in [0.15, 0.2) is 0 Å². The molecule has 0 radical (unpaired) electrons. The molecule has 0 saturated carbocycles. The number of aryl methyl sites for hydroxylation is 3. The molecular weight excluding hydrogens is 238 g/mol. The van der Waals surface area contributed by atoms with Crippen molar-refractivity contribution in [1.82, 2.24) is 14.5 Å². The maximum absolute atomic E-state index is 11.4. The zero-order valence-electron chi connectivity index (χ0n) is 10.7. The first kappa shape index (κ1) is 13.6. The molecule has 0 amide bonds. The molecule has 17 heavy (non-hydrogen) atoms. The third kappa shape index (κ3) is 2.47. The summed E-state index contributed by atoms with van der Waals surface area (Å²) in [4.78, 5) is 19.6. The van der Waals surface area contributed by atoms with Crippen molar-refractivity contribution in [3.8, 4) is 0 Å². The molecule has 2 rings (SSSR count). The molecule has 0 fully saturated rings. The Morgan fingerprint density at radius 2 is 1.76 bits per heavy atom. The van der Waals surface area contributed by atoms with Crippen LogP contribution in [-0.2, 0) is 7.05 Å². The molecule has 0 aliphatic heterocycles. The van der Waals surface area contributed by atoms with Gasteiger partial charge in [-0.15, -0.1) is 0 Å². The van der Waals surface area contributed by atoms with Gasteiger partial charge in [-0.25, -0.2) is 9.78 Å². The minimum absolute atomic E-state index is 0.297. The van der Waals surface area contributed by atoms with Gasteiger partial charge in [0.1, 0.15) is 5.65 Å². The SMILES string of the molecule is CC.Cc1nc2c(cc1Cl)c(C)nc(=O)n2C. The molecule has 0 aromatic carbocycles. The lowest BCUT2D eigenvalue weighted by Crippen LogP contribution is -2.22. The zero-order valence-corrected chi connectivity index (χ0v) is 11.5. The van der Waals surface area contributed by atoms with E-state index < -0.39 is 0 Å². The molecule has 0 atom stereocenters. The highest BCUT2D eigenvalue weighted by Gasteiger charge is 2.08. The summed E-state index contributed by atoms with van der Waals surface area (Å²) in [7, 11) is 1.65. The second kappa shape index (κ2) is 5.27. The van der Waals surface area contributed by atoms with E-state index in [1.54, 1.807) is 20.0 Å². The average molecular weight is 254 g/mol. The van der Waals surface area contributed by atoms with Crippen LogP contribution in [0.25, 0.3) is 11.0 Å². The Hall–Kier alpha value is -1.42. The van der Waals surface area contributed by atoms with Crippen LogP contribution in [0.4, 0.5) is 0 Å². The summed E-state index contributed by atoms with van der Waals surface area (Å²) in [5.74, 6) is 0. The van der Waals surface area contributed by atoms with E-state index in [0.29, 0.717) is 22.1 Å². The highest BCUT2D eigenvalue weighted by molar-refractivity contribution is 6.31. The maximum atomic E-state index is 11.4. The van der Waals surface area contributed by atoms with Crippen LogP contribution in [0.5, 0.6) is 0 Å². The predicted octanol–water partition coefficient (Wildman–Crippen LogP) is 2.62. The number of rotatable bonds is 0. The van der Waals surface area contributed by atoms with Crippen molar-refractivity contribution in [1.29, 1.82) is 0 Å². The Labute approximate surface area is 105 Å². The van der Waals surface area contributed by atoms with Crippen molar-refractivity contribution in [3.05, 3.63) is 33.0 Å². The van der Waals surface area contributed by atoms with Gasteiger partial charge in [-0.1, -0.05) is 25.4 Å². The second-order valence-corrected chi connectivity index (χ2v) is 3.87. The highest BCUT2D eigenvalue weighted by Crippen LogP contribution is 2.20. The normalized spacial score (nSPS) is 10.0. The lowest BCUT2D eigenvalue weighted by atomic mass is 10.2. The standard InChI is InChI=1S/C10H10ClN3O.C2H6/c1-5-7-4-8(11)6(2)12-9(7)14(3)10(15)13-5;1-2/h4H,1-3H3;1-2H3. The Kier molecular flexibility index (Phi) is 4.23. The van der Waals surface area contributed by atoms with E-state index in [4.69, 9.17) is 11.6 Å². The summed E-state index contributed by atoms with van der Waals surface area (Å²) in [5, 5.41) is 1.40. The molecule has 4 nitrogen and oxygen atoms in total. The van der Waals surface area contributed by atoms with E-state index >= 15 is 0 Å². The molecule has 92 valence electrons. The molecule has 0 aliphatic carbocycles. The van der Waals surface area contributed by atoms with Crippen LogP contribution >= 0.6 is 11.6 Å². The minimum atomic E-state index is -0.297. The molecule has 0 N–H and O–H groups in total. The van der Waals surface area contributed by atoms with Gasteiger partial charge in [0.25, 0.3) is 0 Å². The Bertz CT molecular complexity index is 605. The van der Waals surface area contributed by atoms with Gasteiger partial charge < -0.3 is 0 Å². The van der Waals surface area contributed by atoms with Crippen molar-refractivity contribution in [3.63, 3.8) is 0 Å². The number of halogens is 1. The van der Waals surface area contributed by atoms with Gasteiger partial charge >= 0.3 is 5.69 Å². The number of hydrogen-bond acceptors (Lipinski definition) is 3. The molecule has 0 unspecified atom stereocenters. The van der Waals surface area contributed by atoms with E-state index in [0.717, 1.165) is 5.39 Å². The van der Waals surface area contributed by atoms with E-state index in [9.17, 15) is 4.79 Å². The molecule has 2 heterocycles. The largest absolute Gasteiger partial charge is 0.349 e. The second-order valence-electron chi connectivity index (χ2n) is 3.47. The predicted molar refractivity (Wildman–Crippen MR) is 70.6 cm³/mol. The van der Waals surface area contributed by atoms with Crippen LogP contribution in [0.1, 0.15) is 25.2 Å². The number of fused-ring (bicyclic) bond motifs is 1. The van der Waals surface area contributed by atoms with Crippen LogP contribution < -0.4 is 5.69 Å². The van der Waals surface area contributed by atoms with Crippen LogP contribution in [0.3, 0.4) is 0 Å². The van der Waals surface area contributed by atoms with Gasteiger partial charge in [0.2, 0.25) is 0 Å². The van der Waals surface area contributed by atoms with Crippen molar-refractivity contribution in [2.75, 3.05) is 0 Å². The lowest BCUT2D eigenvalue weighted by Gasteiger charge is -2.07. The zero-order chi connectivity index (χ0) is 13.2. The molecule has 5 heteroatoms. The molecule has 0 aliphatic rings. The molecule has 0 spiro atoms. The van der Waals surface area contributed by atoms with Gasteiger partial charge in [-0.2, -0.15) is 4.98 Å². The number of aromatic nitrogens is 3. The molecule has 2 aromatic rings. The maximum Gasteiger partial charge on any atom is 0.349 e. The van der Waals surface area contributed by atoms with Crippen molar-refractivity contribution in [2.24, 2.45) is 7.05 Å². The molecule has 2 aromatic heterocycles. The summed E-state index contributed by atoms with van der Waals surface area (Å²) >= 11 is 5.97. The smallest absolute Gasteiger partial charge is 0.279 e. The number of pyridine rings is 1. The first-order valence-electron chi connectivity index (χ1n) is 5.51. The summed E-state index contributed by atoms with van der Waals surface area (Å²) < 4.78 is 1.42. The Balaban J connectivity index is 0.000000686. The van der Waals surface area contributed by atoms with E-state index in [2.05, 4.69) is 9.97 Å². The molecule has 0 saturated heterocycles. The molecular formula is C12H16ClN3O. The van der Waals surface area contributed by atoms with Crippen molar-refractivity contribution >= 4 is 22.6 Å². The Morgan fingerprint density at radius 3 is 2.35 bits per heavy atom. The van der Waals surface area contributed by atoms with Gasteiger partial charge in [0, 0.05) is 12.4 Å². The highest BCUT2D eigenvalue weighted by atomic mass is 35.5. The average Bonchev–Trinajstić information content (AvgIpc) is 2.31. The van der Waals surface area contributed by atoms with Crippen LogP contribution in [0.15, 0.2) is 10.9 Å². The van der Waals surface area contributed by atoms with Crippen LogP contribution in [-0.4, -0.2) is 14.5 Å². The van der Waals surface area contributed by atoms with Crippen molar-refractivity contribution in [2.45, 2.75) is 27.7 Å². The van der Waals surface area contributed by atoms with Crippen LogP contribution in [0.2, 0.25) is 5.02 Å². The summed E-state index contributed by atoms with van der Waals surface area (Å²) in [6.07, 6.45) is 0. The fourth-order valence-electron chi connectivity index (χ4n) is 1.46. The first-order valence-corrected chi connectivity index (χ1v) is 5.89. The summed E-state index contributed by atoms with van der Waals surface area (Å²) in [6, 6.07) is 1.79. The summed E-state index contributed by atoms with van der Waals surface area (Å²) in [6.45, 7) is 7.58. The fourth-order valence-corrected chi connectivity index (χ4v) is 1.61.